The van der Waals surface area contributed by atoms with Gasteiger partial charge in [0.05, 0.1) is 5.01 Å². The maximum Gasteiger partial charge on any atom is 0.247 e. The smallest absolute Gasteiger partial charge is 0.247 e. The molecule has 0 aromatic carbocycles. The van der Waals surface area contributed by atoms with Gasteiger partial charge < -0.3 is 4.90 Å². The van der Waals surface area contributed by atoms with E-state index in [2.05, 4.69) is 15.1 Å². The average Bonchev–Trinajstić information content (AvgIpc) is 3.18. The van der Waals surface area contributed by atoms with Gasteiger partial charge in [-0.05, 0) is 19.8 Å². The summed E-state index contributed by atoms with van der Waals surface area (Å²) in [5.74, 6) is 0.479. The Labute approximate surface area is 121 Å². The van der Waals surface area contributed by atoms with E-state index in [1.807, 2.05) is 23.4 Å². The lowest BCUT2D eigenvalue weighted by molar-refractivity contribution is -0.135. The predicted molar refractivity (Wildman–Crippen MR) is 75.4 cm³/mol. The Balaban J connectivity index is 1.69. The monoisotopic (exact) mass is 291 g/mol. The first kappa shape index (κ1) is 13.2. The molecule has 1 amide bonds. The molecule has 2 aromatic rings. The maximum atomic E-state index is 12.5. The fourth-order valence-corrected chi connectivity index (χ4v) is 3.38. The van der Waals surface area contributed by atoms with Gasteiger partial charge in [0.1, 0.15) is 18.7 Å². The van der Waals surface area contributed by atoms with E-state index in [1.165, 1.54) is 6.33 Å². The largest absolute Gasteiger partial charge is 0.340 e. The highest BCUT2D eigenvalue weighted by Crippen LogP contribution is 2.29. The number of rotatable bonds is 3. The summed E-state index contributed by atoms with van der Waals surface area (Å²) in [6.45, 7) is 3.44. The zero-order chi connectivity index (χ0) is 13.9. The molecule has 2 aromatic heterocycles. The van der Waals surface area contributed by atoms with Gasteiger partial charge in [-0.25, -0.2) is 14.6 Å². The van der Waals surface area contributed by atoms with E-state index in [4.69, 9.17) is 0 Å². The molecule has 0 radical (unpaired) electrons. The van der Waals surface area contributed by atoms with Gasteiger partial charge in [-0.15, -0.1) is 11.3 Å². The van der Waals surface area contributed by atoms with E-state index >= 15 is 0 Å². The molecule has 0 saturated carbocycles. The summed E-state index contributed by atoms with van der Waals surface area (Å²) in [5, 5.41) is 7.18. The molecule has 3 rings (SSSR count). The number of aromatic nitrogens is 4. The normalized spacial score (nSPS) is 20.9. The number of hydrogen-bond acceptors (Lipinski definition) is 5. The highest BCUT2D eigenvalue weighted by Gasteiger charge is 2.29. The van der Waals surface area contributed by atoms with Crippen LogP contribution in [0.5, 0.6) is 0 Å². The van der Waals surface area contributed by atoms with Gasteiger partial charge in [0, 0.05) is 30.6 Å². The lowest BCUT2D eigenvalue weighted by atomic mass is 9.98. The summed E-state index contributed by atoms with van der Waals surface area (Å²) in [6.07, 6.45) is 7.01. The van der Waals surface area contributed by atoms with Crippen LogP contribution in [0.2, 0.25) is 0 Å². The van der Waals surface area contributed by atoms with Crippen LogP contribution in [0.4, 0.5) is 0 Å². The first-order chi connectivity index (χ1) is 9.75. The van der Waals surface area contributed by atoms with Crippen LogP contribution < -0.4 is 0 Å². The van der Waals surface area contributed by atoms with Crippen molar-refractivity contribution in [3.63, 3.8) is 0 Å². The number of hydrogen-bond donors (Lipinski definition) is 0. The minimum Gasteiger partial charge on any atom is -0.340 e. The van der Waals surface area contributed by atoms with Crippen molar-refractivity contribution in [2.45, 2.75) is 31.7 Å². The fourth-order valence-electron chi connectivity index (χ4n) is 2.61. The molecule has 3 heterocycles. The van der Waals surface area contributed by atoms with Gasteiger partial charge in [-0.3, -0.25) is 4.79 Å². The van der Waals surface area contributed by atoms with Crippen molar-refractivity contribution in [2.75, 3.05) is 13.1 Å². The van der Waals surface area contributed by atoms with Gasteiger partial charge in [0.2, 0.25) is 5.91 Å². The van der Waals surface area contributed by atoms with Crippen molar-refractivity contribution in [2.24, 2.45) is 0 Å². The molecule has 2 atom stereocenters. The van der Waals surface area contributed by atoms with Crippen molar-refractivity contribution in [3.05, 3.63) is 29.2 Å². The van der Waals surface area contributed by atoms with E-state index in [1.54, 1.807) is 22.3 Å². The van der Waals surface area contributed by atoms with E-state index in [0.717, 1.165) is 30.9 Å². The SMILES string of the molecule is C[C@@H](C(=O)N1CCC[C@H](c2nccs2)C1)n1cncn1. The summed E-state index contributed by atoms with van der Waals surface area (Å²) in [5.41, 5.74) is 0. The Morgan fingerprint density at radius 1 is 1.55 bits per heavy atom. The van der Waals surface area contributed by atoms with Gasteiger partial charge in [-0.1, -0.05) is 0 Å². The third-order valence-electron chi connectivity index (χ3n) is 3.72. The van der Waals surface area contributed by atoms with Crippen molar-refractivity contribution in [3.8, 4) is 0 Å². The lowest BCUT2D eigenvalue weighted by Gasteiger charge is -2.33. The Morgan fingerprint density at radius 2 is 2.45 bits per heavy atom. The van der Waals surface area contributed by atoms with Crippen molar-refractivity contribution in [1.29, 1.82) is 0 Å². The van der Waals surface area contributed by atoms with Crippen LogP contribution in [-0.2, 0) is 4.79 Å². The zero-order valence-electron chi connectivity index (χ0n) is 11.3. The summed E-state index contributed by atoms with van der Waals surface area (Å²) in [4.78, 5) is 22.7. The third-order valence-corrected chi connectivity index (χ3v) is 4.66. The van der Waals surface area contributed by atoms with E-state index in [0.29, 0.717) is 5.92 Å². The molecule has 0 unspecified atom stereocenters. The molecule has 0 spiro atoms. The van der Waals surface area contributed by atoms with E-state index in [9.17, 15) is 4.79 Å². The Hall–Kier alpha value is -1.76. The van der Waals surface area contributed by atoms with Gasteiger partial charge in [0.15, 0.2) is 0 Å². The van der Waals surface area contributed by atoms with Crippen LogP contribution in [-0.4, -0.2) is 43.6 Å². The second-order valence-electron chi connectivity index (χ2n) is 5.05. The number of carbonyl (C=O) groups is 1. The Bertz CT molecular complexity index is 553. The fraction of sp³-hybridized carbons (Fsp3) is 0.538. The number of nitrogens with zero attached hydrogens (tertiary/aromatic N) is 5. The number of carbonyl (C=O) groups excluding carboxylic acids is 1. The highest BCUT2D eigenvalue weighted by atomic mass is 32.1. The number of likely N-dealkylation sites (tertiary alicyclic amines) is 1. The minimum atomic E-state index is -0.299. The van der Waals surface area contributed by atoms with E-state index in [-0.39, 0.29) is 11.9 Å². The molecular weight excluding hydrogens is 274 g/mol. The summed E-state index contributed by atoms with van der Waals surface area (Å²) in [7, 11) is 0. The summed E-state index contributed by atoms with van der Waals surface area (Å²) in [6, 6.07) is -0.299. The minimum absolute atomic E-state index is 0.108. The van der Waals surface area contributed by atoms with Crippen LogP contribution >= 0.6 is 11.3 Å². The van der Waals surface area contributed by atoms with Gasteiger partial charge >= 0.3 is 0 Å². The molecule has 106 valence electrons. The van der Waals surface area contributed by atoms with E-state index < -0.39 is 0 Å². The molecule has 0 aliphatic carbocycles. The molecule has 7 heteroatoms. The molecule has 6 nitrogen and oxygen atoms in total. The third kappa shape index (κ3) is 2.58. The quantitative estimate of drug-likeness (QED) is 0.863. The summed E-state index contributed by atoms with van der Waals surface area (Å²) >= 11 is 1.67. The zero-order valence-corrected chi connectivity index (χ0v) is 12.2. The van der Waals surface area contributed by atoms with Crippen LogP contribution in [0.15, 0.2) is 24.2 Å². The summed E-state index contributed by atoms with van der Waals surface area (Å²) < 4.78 is 1.61. The van der Waals surface area contributed by atoms with Gasteiger partial charge in [-0.2, -0.15) is 5.10 Å². The molecule has 1 aliphatic rings. The second-order valence-corrected chi connectivity index (χ2v) is 5.97. The van der Waals surface area contributed by atoms with Crippen LogP contribution in [0.3, 0.4) is 0 Å². The first-order valence-electron chi connectivity index (χ1n) is 6.78. The number of piperidine rings is 1. The van der Waals surface area contributed by atoms with Crippen molar-refractivity contribution >= 4 is 17.2 Å². The molecule has 0 N–H and O–H groups in total. The molecule has 0 bridgehead atoms. The van der Waals surface area contributed by atoms with Crippen LogP contribution in [0.25, 0.3) is 0 Å². The van der Waals surface area contributed by atoms with Crippen LogP contribution in [0, 0.1) is 0 Å². The van der Waals surface area contributed by atoms with Crippen LogP contribution in [0.1, 0.15) is 36.7 Å². The highest BCUT2D eigenvalue weighted by molar-refractivity contribution is 7.09. The standard InChI is InChI=1S/C13H17N5OS/c1-10(18-9-14-8-16-18)13(19)17-5-2-3-11(7-17)12-15-4-6-20-12/h4,6,8-11H,2-3,5,7H2,1H3/t10-,11-/m0/s1. The molecule has 1 fully saturated rings. The molecule has 20 heavy (non-hydrogen) atoms. The maximum absolute atomic E-state index is 12.5. The lowest BCUT2D eigenvalue weighted by Crippen LogP contribution is -2.42. The average molecular weight is 291 g/mol. The van der Waals surface area contributed by atoms with Crippen molar-refractivity contribution in [1.82, 2.24) is 24.6 Å². The second kappa shape index (κ2) is 5.70. The molecule has 1 aliphatic heterocycles. The number of amides is 1. The first-order valence-corrected chi connectivity index (χ1v) is 7.66. The molecule has 1 saturated heterocycles. The topological polar surface area (TPSA) is 63.9 Å². The predicted octanol–water partition coefficient (Wildman–Crippen LogP) is 1.70. The molecular formula is C13H17N5OS. The number of thiazole rings is 1. The Kier molecular flexibility index (Phi) is 3.77. The van der Waals surface area contributed by atoms with Gasteiger partial charge in [0.25, 0.3) is 0 Å². The Morgan fingerprint density at radius 3 is 3.15 bits per heavy atom. The van der Waals surface area contributed by atoms with Crippen molar-refractivity contribution < 1.29 is 4.79 Å².